The van der Waals surface area contributed by atoms with E-state index in [1.807, 2.05) is 36.4 Å². The molecule has 0 spiro atoms. The highest BCUT2D eigenvalue weighted by molar-refractivity contribution is 9.11. The van der Waals surface area contributed by atoms with Crippen molar-refractivity contribution < 1.29 is 0 Å². The van der Waals surface area contributed by atoms with Crippen LogP contribution >= 0.6 is 79.6 Å². The summed E-state index contributed by atoms with van der Waals surface area (Å²) >= 11 is 18.0. The largest absolute Gasteiger partial charge is 0.398 e. The highest BCUT2D eigenvalue weighted by Gasteiger charge is 2.18. The summed E-state index contributed by atoms with van der Waals surface area (Å²) in [7, 11) is 0. The number of halogens is 5. The number of hydrogen-bond acceptors (Lipinski definition) is 1. The first-order chi connectivity index (χ1) is 11.4. The molecular formula is C18H10Br5N. The van der Waals surface area contributed by atoms with Crippen molar-refractivity contribution in [3.63, 3.8) is 0 Å². The molecule has 3 rings (SSSR count). The number of nitrogens with two attached hydrogens (primary N) is 1. The molecule has 0 bridgehead atoms. The molecule has 0 saturated carbocycles. The first-order valence-corrected chi connectivity index (χ1v) is 10.8. The van der Waals surface area contributed by atoms with Crippen molar-refractivity contribution in [3.05, 3.63) is 70.9 Å². The van der Waals surface area contributed by atoms with E-state index in [2.05, 4.69) is 91.8 Å². The maximum absolute atomic E-state index is 6.37. The van der Waals surface area contributed by atoms with E-state index in [4.69, 9.17) is 5.73 Å². The van der Waals surface area contributed by atoms with Crippen LogP contribution in [0.5, 0.6) is 0 Å². The van der Waals surface area contributed by atoms with Crippen molar-refractivity contribution in [1.29, 1.82) is 0 Å². The SMILES string of the molecule is Nc1ccc(Br)c(-c2ccc(Br)cc2Br)c1-c1ccc(Br)cc1Br. The Balaban J connectivity index is 2.36. The van der Waals surface area contributed by atoms with E-state index in [0.29, 0.717) is 0 Å². The number of rotatable bonds is 2. The Morgan fingerprint density at radius 1 is 0.542 bits per heavy atom. The van der Waals surface area contributed by atoms with E-state index < -0.39 is 0 Å². The lowest BCUT2D eigenvalue weighted by atomic mass is 9.93. The van der Waals surface area contributed by atoms with Crippen LogP contribution in [-0.2, 0) is 0 Å². The Morgan fingerprint density at radius 2 is 1.04 bits per heavy atom. The molecule has 3 aromatic carbocycles. The monoisotopic (exact) mass is 635 g/mol. The van der Waals surface area contributed by atoms with E-state index in [0.717, 1.165) is 50.3 Å². The molecule has 0 fully saturated rings. The summed E-state index contributed by atoms with van der Waals surface area (Å²) in [5.41, 5.74) is 11.3. The molecule has 0 aromatic heterocycles. The Hall–Kier alpha value is -0.140. The molecule has 24 heavy (non-hydrogen) atoms. The van der Waals surface area contributed by atoms with Gasteiger partial charge in [-0.3, -0.25) is 0 Å². The average molecular weight is 640 g/mol. The fourth-order valence-electron chi connectivity index (χ4n) is 2.53. The minimum atomic E-state index is 0.728. The second-order valence-electron chi connectivity index (χ2n) is 5.13. The second kappa shape index (κ2) is 7.62. The third-order valence-corrected chi connectivity index (χ3v) is 6.55. The van der Waals surface area contributed by atoms with Crippen LogP contribution < -0.4 is 5.73 Å². The molecule has 0 radical (unpaired) electrons. The molecule has 0 saturated heterocycles. The van der Waals surface area contributed by atoms with Gasteiger partial charge in [0.2, 0.25) is 0 Å². The summed E-state index contributed by atoms with van der Waals surface area (Å²) in [6.45, 7) is 0. The zero-order chi connectivity index (χ0) is 17.4. The number of nitrogen functional groups attached to an aromatic ring is 1. The summed E-state index contributed by atoms with van der Waals surface area (Å²) < 4.78 is 5.00. The van der Waals surface area contributed by atoms with Crippen LogP contribution in [0, 0.1) is 0 Å². The van der Waals surface area contributed by atoms with E-state index in [9.17, 15) is 0 Å². The Kier molecular flexibility index (Phi) is 5.92. The van der Waals surface area contributed by atoms with Crippen LogP contribution in [0.1, 0.15) is 0 Å². The molecule has 0 atom stereocenters. The van der Waals surface area contributed by atoms with E-state index in [1.54, 1.807) is 0 Å². The highest BCUT2D eigenvalue weighted by Crippen LogP contribution is 2.46. The molecule has 122 valence electrons. The van der Waals surface area contributed by atoms with Crippen LogP contribution in [-0.4, -0.2) is 0 Å². The van der Waals surface area contributed by atoms with Crippen molar-refractivity contribution in [2.75, 3.05) is 5.73 Å². The lowest BCUT2D eigenvalue weighted by Crippen LogP contribution is -1.96. The third kappa shape index (κ3) is 3.68. The van der Waals surface area contributed by atoms with Crippen LogP contribution in [0.2, 0.25) is 0 Å². The molecule has 6 heteroatoms. The van der Waals surface area contributed by atoms with Crippen molar-refractivity contribution in [2.24, 2.45) is 0 Å². The molecule has 0 unspecified atom stereocenters. The van der Waals surface area contributed by atoms with E-state index >= 15 is 0 Å². The zero-order valence-electron chi connectivity index (χ0n) is 12.1. The predicted molar refractivity (Wildman–Crippen MR) is 120 cm³/mol. The fourth-order valence-corrected chi connectivity index (χ4v) is 5.57. The van der Waals surface area contributed by atoms with Crippen LogP contribution in [0.15, 0.2) is 70.9 Å². The van der Waals surface area contributed by atoms with E-state index in [1.165, 1.54) is 0 Å². The molecule has 0 amide bonds. The Labute approximate surface area is 182 Å². The van der Waals surface area contributed by atoms with Crippen molar-refractivity contribution in [1.82, 2.24) is 0 Å². The maximum atomic E-state index is 6.37. The summed E-state index contributed by atoms with van der Waals surface area (Å²) in [4.78, 5) is 0. The molecule has 0 heterocycles. The van der Waals surface area contributed by atoms with Crippen LogP contribution in [0.25, 0.3) is 22.3 Å². The highest BCUT2D eigenvalue weighted by atomic mass is 79.9. The molecule has 0 aliphatic carbocycles. The lowest BCUT2D eigenvalue weighted by Gasteiger charge is -2.18. The molecular weight excluding hydrogens is 630 g/mol. The van der Waals surface area contributed by atoms with Crippen LogP contribution in [0.3, 0.4) is 0 Å². The van der Waals surface area contributed by atoms with Gasteiger partial charge in [0.15, 0.2) is 0 Å². The third-order valence-electron chi connectivity index (χ3n) is 3.59. The van der Waals surface area contributed by atoms with Gasteiger partial charge in [0.25, 0.3) is 0 Å². The average Bonchev–Trinajstić information content (AvgIpc) is 2.51. The summed E-state index contributed by atoms with van der Waals surface area (Å²) in [5.74, 6) is 0. The van der Waals surface area contributed by atoms with Crippen LogP contribution in [0.4, 0.5) is 5.69 Å². The molecule has 3 aromatic rings. The van der Waals surface area contributed by atoms with Gasteiger partial charge in [0.05, 0.1) is 0 Å². The smallest absolute Gasteiger partial charge is 0.0401 e. The van der Waals surface area contributed by atoms with Crippen molar-refractivity contribution >= 4 is 85.3 Å². The first kappa shape index (κ1) is 18.6. The molecule has 0 aliphatic rings. The second-order valence-corrected chi connectivity index (χ2v) is 9.53. The van der Waals surface area contributed by atoms with Gasteiger partial charge in [0, 0.05) is 39.2 Å². The number of anilines is 1. The molecule has 0 aliphatic heterocycles. The van der Waals surface area contributed by atoms with Gasteiger partial charge in [-0.1, -0.05) is 91.8 Å². The van der Waals surface area contributed by atoms with Gasteiger partial charge in [-0.05, 0) is 47.5 Å². The normalized spacial score (nSPS) is 10.9. The maximum Gasteiger partial charge on any atom is 0.0401 e. The topological polar surface area (TPSA) is 26.0 Å². The Morgan fingerprint density at radius 3 is 1.54 bits per heavy atom. The Bertz CT molecular complexity index is 860. The quantitative estimate of drug-likeness (QED) is 0.280. The summed E-state index contributed by atoms with van der Waals surface area (Å²) in [6.07, 6.45) is 0. The van der Waals surface area contributed by atoms with Gasteiger partial charge in [-0.15, -0.1) is 0 Å². The van der Waals surface area contributed by atoms with Crippen molar-refractivity contribution in [3.8, 4) is 22.3 Å². The van der Waals surface area contributed by atoms with E-state index in [-0.39, 0.29) is 0 Å². The minimum absolute atomic E-state index is 0.728. The van der Waals surface area contributed by atoms with Gasteiger partial charge in [-0.2, -0.15) is 0 Å². The summed E-state index contributed by atoms with van der Waals surface area (Å²) in [5, 5.41) is 0. The van der Waals surface area contributed by atoms with Gasteiger partial charge in [-0.25, -0.2) is 0 Å². The minimum Gasteiger partial charge on any atom is -0.398 e. The molecule has 1 nitrogen and oxygen atoms in total. The zero-order valence-corrected chi connectivity index (χ0v) is 20.0. The lowest BCUT2D eigenvalue weighted by molar-refractivity contribution is 1.50. The number of hydrogen-bond donors (Lipinski definition) is 1. The van der Waals surface area contributed by atoms with Gasteiger partial charge < -0.3 is 5.73 Å². The summed E-state index contributed by atoms with van der Waals surface area (Å²) in [6, 6.07) is 16.1. The van der Waals surface area contributed by atoms with Gasteiger partial charge in [0.1, 0.15) is 0 Å². The fraction of sp³-hybridized carbons (Fsp3) is 0. The van der Waals surface area contributed by atoms with Crippen molar-refractivity contribution in [2.45, 2.75) is 0 Å². The standard InChI is InChI=1S/C18H10Br5N/c19-9-1-3-11(14(22)7-9)17-13(21)5-6-16(24)18(17)12-4-2-10(20)8-15(12)23/h1-8H,24H2. The first-order valence-electron chi connectivity index (χ1n) is 6.87. The number of benzene rings is 3. The predicted octanol–water partition coefficient (Wildman–Crippen LogP) is 8.42. The van der Waals surface area contributed by atoms with Gasteiger partial charge >= 0.3 is 0 Å². The molecule has 2 N–H and O–H groups in total.